The Hall–Kier alpha value is -1.77. The van der Waals surface area contributed by atoms with Crippen molar-refractivity contribution in [2.75, 3.05) is 25.4 Å². The molecule has 1 aliphatic carbocycles. The highest BCUT2D eigenvalue weighted by Crippen LogP contribution is 2.59. The zero-order chi connectivity index (χ0) is 20.6. The lowest BCUT2D eigenvalue weighted by Gasteiger charge is -2.21. The molecule has 30 heavy (non-hydrogen) atoms. The molecular formula is C22H25BrN6S. The van der Waals surface area contributed by atoms with E-state index < -0.39 is 0 Å². The van der Waals surface area contributed by atoms with Crippen LogP contribution in [0, 0.1) is 5.92 Å². The van der Waals surface area contributed by atoms with Crippen LogP contribution in [0.1, 0.15) is 25.3 Å². The molecule has 1 aliphatic heterocycles. The number of thioether (sulfide) groups is 1. The van der Waals surface area contributed by atoms with Crippen molar-refractivity contribution < 1.29 is 0 Å². The Kier molecular flexibility index (Phi) is 5.64. The van der Waals surface area contributed by atoms with Gasteiger partial charge in [-0.3, -0.25) is 0 Å². The molecule has 0 spiro atoms. The molecule has 2 aliphatic rings. The maximum Gasteiger partial charge on any atom is 0.191 e. The summed E-state index contributed by atoms with van der Waals surface area (Å²) in [6, 6.07) is 8.96. The molecule has 2 atom stereocenters. The third-order valence-corrected chi connectivity index (χ3v) is 7.92. The first-order valence-electron chi connectivity index (χ1n) is 10.5. The van der Waals surface area contributed by atoms with Gasteiger partial charge in [-0.05, 0) is 49.9 Å². The van der Waals surface area contributed by atoms with E-state index in [0.29, 0.717) is 5.41 Å². The van der Waals surface area contributed by atoms with Crippen LogP contribution in [0.5, 0.6) is 0 Å². The fourth-order valence-electron chi connectivity index (χ4n) is 4.75. The van der Waals surface area contributed by atoms with E-state index in [1.165, 1.54) is 31.4 Å². The number of nitrogens with zero attached hydrogens (tertiary/aromatic N) is 6. The second kappa shape index (κ2) is 8.40. The Balaban J connectivity index is 1.14. The standard InChI is InChI=1S/C22H25BrN6S/c1-2-29-20(16-11-24-15-25-12-16)26-27-21(29)30-9-3-8-28-13-18-10-22(18,14-28)17-4-6-19(23)7-5-17/h4-7,11-12,15,18H,2-3,8-10,13-14H2,1H3/t18-,22+/m0/s1. The maximum absolute atomic E-state index is 4.41. The van der Waals surface area contributed by atoms with Crippen molar-refractivity contribution in [1.82, 2.24) is 29.6 Å². The zero-order valence-corrected chi connectivity index (χ0v) is 19.4. The van der Waals surface area contributed by atoms with Gasteiger partial charge in [0.2, 0.25) is 0 Å². The highest BCUT2D eigenvalue weighted by atomic mass is 79.9. The lowest BCUT2D eigenvalue weighted by Crippen LogP contribution is -2.27. The number of piperidine rings is 1. The average molecular weight is 485 g/mol. The van der Waals surface area contributed by atoms with Gasteiger partial charge in [-0.2, -0.15) is 0 Å². The van der Waals surface area contributed by atoms with E-state index in [-0.39, 0.29) is 0 Å². The lowest BCUT2D eigenvalue weighted by atomic mass is 9.95. The van der Waals surface area contributed by atoms with E-state index in [1.54, 1.807) is 24.2 Å². The van der Waals surface area contributed by atoms with Crippen LogP contribution in [0.4, 0.5) is 0 Å². The third kappa shape index (κ3) is 3.81. The lowest BCUT2D eigenvalue weighted by molar-refractivity contribution is 0.299. The Morgan fingerprint density at radius 3 is 2.73 bits per heavy atom. The smallest absolute Gasteiger partial charge is 0.191 e. The van der Waals surface area contributed by atoms with Gasteiger partial charge in [0.25, 0.3) is 0 Å². The van der Waals surface area contributed by atoms with Crippen LogP contribution < -0.4 is 0 Å². The normalized spacial score (nSPS) is 22.9. The van der Waals surface area contributed by atoms with Crippen molar-refractivity contribution in [3.63, 3.8) is 0 Å². The van der Waals surface area contributed by atoms with Gasteiger partial charge < -0.3 is 9.47 Å². The predicted molar refractivity (Wildman–Crippen MR) is 122 cm³/mol. The maximum atomic E-state index is 4.41. The van der Waals surface area contributed by atoms with Crippen LogP contribution in [0.15, 0.2) is 52.6 Å². The highest BCUT2D eigenvalue weighted by molar-refractivity contribution is 9.10. The molecule has 5 rings (SSSR count). The van der Waals surface area contributed by atoms with E-state index >= 15 is 0 Å². The number of halogens is 1. The van der Waals surface area contributed by atoms with Gasteiger partial charge in [0.15, 0.2) is 11.0 Å². The van der Waals surface area contributed by atoms with Gasteiger partial charge in [0, 0.05) is 47.7 Å². The molecule has 8 heteroatoms. The SMILES string of the molecule is CCn1c(SCCCN2C[C@@H]3C[C@]3(c3ccc(Br)cc3)C2)nnc1-c1cncnc1. The van der Waals surface area contributed by atoms with Crippen LogP contribution in [-0.2, 0) is 12.0 Å². The van der Waals surface area contributed by atoms with Crippen LogP contribution in [0.25, 0.3) is 11.4 Å². The van der Waals surface area contributed by atoms with Crippen molar-refractivity contribution in [3.05, 3.63) is 53.0 Å². The summed E-state index contributed by atoms with van der Waals surface area (Å²) >= 11 is 5.35. The first-order valence-corrected chi connectivity index (χ1v) is 12.3. The second-order valence-electron chi connectivity index (χ2n) is 8.18. The molecule has 156 valence electrons. The quantitative estimate of drug-likeness (QED) is 0.351. The van der Waals surface area contributed by atoms with Crippen molar-refractivity contribution >= 4 is 27.7 Å². The van der Waals surface area contributed by atoms with Crippen molar-refractivity contribution in [1.29, 1.82) is 0 Å². The molecule has 6 nitrogen and oxygen atoms in total. The van der Waals surface area contributed by atoms with Crippen LogP contribution >= 0.6 is 27.7 Å². The Bertz CT molecular complexity index is 1010. The molecular weight excluding hydrogens is 460 g/mol. The molecule has 1 saturated heterocycles. The molecule has 2 fully saturated rings. The summed E-state index contributed by atoms with van der Waals surface area (Å²) in [7, 11) is 0. The van der Waals surface area contributed by atoms with Crippen molar-refractivity contribution in [3.8, 4) is 11.4 Å². The summed E-state index contributed by atoms with van der Waals surface area (Å²) in [5.41, 5.74) is 2.84. The molecule has 3 heterocycles. The van der Waals surface area contributed by atoms with Gasteiger partial charge in [-0.15, -0.1) is 10.2 Å². The molecule has 0 unspecified atom stereocenters. The molecule has 2 aromatic heterocycles. The number of fused-ring (bicyclic) bond motifs is 1. The first kappa shape index (κ1) is 20.2. The van der Waals surface area contributed by atoms with Gasteiger partial charge in [-0.1, -0.05) is 39.8 Å². The summed E-state index contributed by atoms with van der Waals surface area (Å²) in [6.45, 7) is 6.56. The summed E-state index contributed by atoms with van der Waals surface area (Å²) in [5.74, 6) is 2.73. The van der Waals surface area contributed by atoms with E-state index in [4.69, 9.17) is 0 Å². The summed E-state index contributed by atoms with van der Waals surface area (Å²) in [4.78, 5) is 10.8. The number of aromatic nitrogens is 5. The Labute approximate surface area is 189 Å². The van der Waals surface area contributed by atoms with Gasteiger partial charge in [0.1, 0.15) is 6.33 Å². The average Bonchev–Trinajstić information content (AvgIpc) is 3.14. The largest absolute Gasteiger partial charge is 0.302 e. The van der Waals surface area contributed by atoms with Gasteiger partial charge in [0.05, 0.1) is 5.56 Å². The summed E-state index contributed by atoms with van der Waals surface area (Å²) in [5, 5.41) is 9.77. The van der Waals surface area contributed by atoms with E-state index in [1.807, 2.05) is 0 Å². The number of benzene rings is 1. The fraction of sp³-hybridized carbons (Fsp3) is 0.455. The predicted octanol–water partition coefficient (Wildman–Crippen LogP) is 4.27. The van der Waals surface area contributed by atoms with Crippen molar-refractivity contribution in [2.45, 2.75) is 36.9 Å². The topological polar surface area (TPSA) is 59.7 Å². The number of likely N-dealkylation sites (tertiary alicyclic amines) is 1. The first-order chi connectivity index (χ1) is 14.7. The zero-order valence-electron chi connectivity index (χ0n) is 17.0. The minimum Gasteiger partial charge on any atom is -0.302 e. The molecule has 0 amide bonds. The molecule has 1 aromatic carbocycles. The van der Waals surface area contributed by atoms with E-state index in [0.717, 1.165) is 52.2 Å². The number of rotatable bonds is 8. The molecule has 0 radical (unpaired) electrons. The van der Waals surface area contributed by atoms with Gasteiger partial charge in [-0.25, -0.2) is 9.97 Å². The minimum atomic E-state index is 0.420. The molecule has 0 bridgehead atoms. The van der Waals surface area contributed by atoms with Crippen LogP contribution in [-0.4, -0.2) is 55.0 Å². The highest BCUT2D eigenvalue weighted by Gasteiger charge is 2.60. The van der Waals surface area contributed by atoms with Crippen LogP contribution in [0.3, 0.4) is 0 Å². The van der Waals surface area contributed by atoms with E-state index in [9.17, 15) is 0 Å². The number of hydrogen-bond acceptors (Lipinski definition) is 6. The van der Waals surface area contributed by atoms with Crippen molar-refractivity contribution in [2.24, 2.45) is 5.92 Å². The minimum absolute atomic E-state index is 0.420. The molecule has 1 saturated carbocycles. The second-order valence-corrected chi connectivity index (χ2v) is 10.2. The molecule has 0 N–H and O–H groups in total. The summed E-state index contributed by atoms with van der Waals surface area (Å²) in [6.07, 6.45) is 7.63. The third-order valence-electron chi connectivity index (χ3n) is 6.34. The summed E-state index contributed by atoms with van der Waals surface area (Å²) < 4.78 is 3.31. The Morgan fingerprint density at radius 1 is 1.17 bits per heavy atom. The fourth-order valence-corrected chi connectivity index (χ4v) is 5.94. The van der Waals surface area contributed by atoms with E-state index in [2.05, 4.69) is 76.8 Å². The number of hydrogen-bond donors (Lipinski definition) is 0. The van der Waals surface area contributed by atoms with Crippen LogP contribution in [0.2, 0.25) is 0 Å². The monoisotopic (exact) mass is 484 g/mol. The Morgan fingerprint density at radius 2 is 1.97 bits per heavy atom. The van der Waals surface area contributed by atoms with Gasteiger partial charge >= 0.3 is 0 Å². The molecule has 3 aromatic rings.